The largest absolute Gasteiger partial charge is 0.496 e. The molecule has 6 nitrogen and oxygen atoms in total. The van der Waals surface area contributed by atoms with Crippen molar-refractivity contribution in [1.29, 1.82) is 0 Å². The van der Waals surface area contributed by atoms with Crippen LogP contribution in [0.2, 0.25) is 5.02 Å². The summed E-state index contributed by atoms with van der Waals surface area (Å²) < 4.78 is 25.7. The molecule has 0 atom stereocenters. The molecule has 1 aromatic heterocycles. The summed E-state index contributed by atoms with van der Waals surface area (Å²) in [5.74, 6) is 0.640. The van der Waals surface area contributed by atoms with Crippen molar-refractivity contribution in [2.75, 3.05) is 19.5 Å². The van der Waals surface area contributed by atoms with E-state index in [1.807, 2.05) is 26.0 Å². The second-order valence-electron chi connectivity index (χ2n) is 6.58. The number of hydrogen-bond acceptors (Lipinski definition) is 5. The van der Waals surface area contributed by atoms with Gasteiger partial charge in [0, 0.05) is 11.3 Å². The molecule has 152 valence electrons. The first-order valence-corrected chi connectivity index (χ1v) is 9.22. The number of benzene rings is 2. The lowest BCUT2D eigenvalue weighted by atomic mass is 10.1. The van der Waals surface area contributed by atoms with E-state index in [1.54, 1.807) is 23.9 Å². The zero-order valence-corrected chi connectivity index (χ0v) is 17.3. The number of rotatable bonds is 6. The number of nitrogens with one attached hydrogen (secondary N) is 1. The molecule has 3 rings (SSSR count). The first kappa shape index (κ1) is 20.7. The Morgan fingerprint density at radius 2 is 1.86 bits per heavy atom. The van der Waals surface area contributed by atoms with Crippen LogP contribution < -0.4 is 20.3 Å². The van der Waals surface area contributed by atoms with E-state index in [9.17, 15) is 9.18 Å². The highest BCUT2D eigenvalue weighted by Crippen LogP contribution is 2.29. The van der Waals surface area contributed by atoms with Gasteiger partial charge in [-0.3, -0.25) is 4.79 Å². The Morgan fingerprint density at radius 3 is 2.52 bits per heavy atom. The molecule has 3 aromatic rings. The molecular weight excluding hydrogens is 397 g/mol. The second kappa shape index (κ2) is 8.53. The SMILES string of the molecule is COc1cc(C)cc(Nc2nc(=O)c(OC)cn2Cc2ccc(F)c(Cl)c2)c1C. The van der Waals surface area contributed by atoms with Crippen LogP contribution in [0, 0.1) is 19.7 Å². The molecule has 0 saturated heterocycles. The van der Waals surface area contributed by atoms with E-state index in [-0.39, 0.29) is 10.8 Å². The standard InChI is InChI=1S/C21H21ClFN3O3/c1-12-7-17(13(2)18(8-12)28-3)24-21-25-20(27)19(29-4)11-26(21)10-14-5-6-16(23)15(22)9-14/h5-9,11H,10H2,1-4H3,(H,24,25,27). The normalized spacial score (nSPS) is 10.7. The van der Waals surface area contributed by atoms with Crippen molar-refractivity contribution in [2.45, 2.75) is 20.4 Å². The fourth-order valence-corrected chi connectivity index (χ4v) is 3.16. The zero-order chi connectivity index (χ0) is 21.1. The van der Waals surface area contributed by atoms with Crippen LogP contribution >= 0.6 is 11.6 Å². The van der Waals surface area contributed by atoms with Crippen LogP contribution in [0.4, 0.5) is 16.0 Å². The van der Waals surface area contributed by atoms with E-state index in [2.05, 4.69) is 10.3 Å². The Labute approximate surface area is 172 Å². The molecule has 1 heterocycles. The van der Waals surface area contributed by atoms with Gasteiger partial charge in [0.2, 0.25) is 11.7 Å². The predicted molar refractivity (Wildman–Crippen MR) is 111 cm³/mol. The van der Waals surface area contributed by atoms with Gasteiger partial charge >= 0.3 is 5.56 Å². The Bertz CT molecular complexity index is 1120. The number of aromatic nitrogens is 2. The maximum absolute atomic E-state index is 13.5. The van der Waals surface area contributed by atoms with E-state index < -0.39 is 11.4 Å². The first-order valence-electron chi connectivity index (χ1n) is 8.84. The number of aryl methyl sites for hydroxylation is 1. The minimum absolute atomic E-state index is 0.0252. The van der Waals surface area contributed by atoms with Gasteiger partial charge in [-0.15, -0.1) is 0 Å². The van der Waals surface area contributed by atoms with Crippen LogP contribution in [0.15, 0.2) is 41.3 Å². The van der Waals surface area contributed by atoms with E-state index in [1.165, 1.54) is 19.2 Å². The Morgan fingerprint density at radius 1 is 1.14 bits per heavy atom. The molecule has 8 heteroatoms. The summed E-state index contributed by atoms with van der Waals surface area (Å²) in [5.41, 5.74) is 2.86. The predicted octanol–water partition coefficient (Wildman–Crippen LogP) is 4.46. The quantitative estimate of drug-likeness (QED) is 0.641. The Balaban J connectivity index is 2.06. The monoisotopic (exact) mass is 417 g/mol. The third-order valence-corrected chi connectivity index (χ3v) is 4.78. The summed E-state index contributed by atoms with van der Waals surface area (Å²) in [7, 11) is 3.01. The Kier molecular flexibility index (Phi) is 6.08. The lowest BCUT2D eigenvalue weighted by molar-refractivity contribution is 0.402. The van der Waals surface area contributed by atoms with Crippen LogP contribution in [-0.2, 0) is 6.54 Å². The van der Waals surface area contributed by atoms with Crippen molar-refractivity contribution < 1.29 is 13.9 Å². The summed E-state index contributed by atoms with van der Waals surface area (Å²) in [6.45, 7) is 4.16. The molecule has 0 bridgehead atoms. The summed E-state index contributed by atoms with van der Waals surface area (Å²) in [5, 5.41) is 3.23. The molecule has 1 N–H and O–H groups in total. The first-order chi connectivity index (χ1) is 13.8. The van der Waals surface area contributed by atoms with Gasteiger partial charge in [-0.2, -0.15) is 4.98 Å². The number of nitrogens with zero attached hydrogens (tertiary/aromatic N) is 2. The molecule has 0 spiro atoms. The molecule has 0 fully saturated rings. The molecule has 0 aliphatic heterocycles. The van der Waals surface area contributed by atoms with Crippen molar-refractivity contribution >= 4 is 23.2 Å². The van der Waals surface area contributed by atoms with Gasteiger partial charge in [0.25, 0.3) is 0 Å². The van der Waals surface area contributed by atoms with Crippen LogP contribution in [0.1, 0.15) is 16.7 Å². The summed E-state index contributed by atoms with van der Waals surface area (Å²) in [4.78, 5) is 16.4. The number of anilines is 2. The minimum Gasteiger partial charge on any atom is -0.496 e. The van der Waals surface area contributed by atoms with Crippen LogP contribution in [0.3, 0.4) is 0 Å². The van der Waals surface area contributed by atoms with E-state index in [4.69, 9.17) is 21.1 Å². The molecule has 0 amide bonds. The van der Waals surface area contributed by atoms with Crippen LogP contribution in [-0.4, -0.2) is 23.8 Å². The van der Waals surface area contributed by atoms with Crippen molar-refractivity contribution in [3.63, 3.8) is 0 Å². The number of halogens is 2. The summed E-state index contributed by atoms with van der Waals surface area (Å²) in [6, 6.07) is 8.32. The van der Waals surface area contributed by atoms with Crippen molar-refractivity contribution in [1.82, 2.24) is 9.55 Å². The molecule has 0 saturated carbocycles. The molecule has 0 aliphatic carbocycles. The van der Waals surface area contributed by atoms with E-state index in [0.717, 1.165) is 28.1 Å². The highest BCUT2D eigenvalue weighted by molar-refractivity contribution is 6.30. The maximum Gasteiger partial charge on any atom is 0.316 e. The van der Waals surface area contributed by atoms with Gasteiger partial charge < -0.3 is 19.4 Å². The van der Waals surface area contributed by atoms with E-state index in [0.29, 0.717) is 12.5 Å². The van der Waals surface area contributed by atoms with Crippen molar-refractivity contribution in [3.05, 3.63) is 74.4 Å². The lowest BCUT2D eigenvalue weighted by Gasteiger charge is -2.18. The smallest absolute Gasteiger partial charge is 0.316 e. The average Bonchev–Trinajstić information content (AvgIpc) is 2.69. The topological polar surface area (TPSA) is 65.4 Å². The molecule has 0 unspecified atom stereocenters. The van der Waals surface area contributed by atoms with Crippen molar-refractivity contribution in [3.8, 4) is 11.5 Å². The summed E-state index contributed by atoms with van der Waals surface area (Å²) >= 11 is 5.90. The zero-order valence-electron chi connectivity index (χ0n) is 16.5. The van der Waals surface area contributed by atoms with Gasteiger partial charge in [-0.25, -0.2) is 4.39 Å². The van der Waals surface area contributed by atoms with Crippen LogP contribution in [0.25, 0.3) is 0 Å². The fourth-order valence-electron chi connectivity index (χ4n) is 2.96. The van der Waals surface area contributed by atoms with Gasteiger partial charge in [0.1, 0.15) is 11.6 Å². The van der Waals surface area contributed by atoms with Gasteiger partial charge in [0.15, 0.2) is 0 Å². The lowest BCUT2D eigenvalue weighted by Crippen LogP contribution is -2.19. The molecular formula is C21H21ClFN3O3. The molecule has 29 heavy (non-hydrogen) atoms. The second-order valence-corrected chi connectivity index (χ2v) is 6.99. The van der Waals surface area contributed by atoms with Gasteiger partial charge in [-0.05, 0) is 49.2 Å². The summed E-state index contributed by atoms with van der Waals surface area (Å²) in [6.07, 6.45) is 1.55. The molecule has 0 radical (unpaired) electrons. The maximum atomic E-state index is 13.5. The highest BCUT2D eigenvalue weighted by Gasteiger charge is 2.13. The number of methoxy groups -OCH3 is 2. The van der Waals surface area contributed by atoms with Gasteiger partial charge in [0.05, 0.1) is 32.0 Å². The van der Waals surface area contributed by atoms with Gasteiger partial charge in [-0.1, -0.05) is 17.7 Å². The fraction of sp³-hybridized carbons (Fsp3) is 0.238. The van der Waals surface area contributed by atoms with Crippen LogP contribution in [0.5, 0.6) is 11.5 Å². The molecule has 2 aromatic carbocycles. The number of ether oxygens (including phenoxy) is 2. The Hall–Kier alpha value is -3.06. The third-order valence-electron chi connectivity index (χ3n) is 4.49. The van der Waals surface area contributed by atoms with E-state index >= 15 is 0 Å². The molecule has 0 aliphatic rings. The highest BCUT2D eigenvalue weighted by atomic mass is 35.5. The average molecular weight is 418 g/mol. The van der Waals surface area contributed by atoms with Crippen molar-refractivity contribution in [2.24, 2.45) is 0 Å². The third kappa shape index (κ3) is 4.51. The minimum atomic E-state index is -0.499. The number of hydrogen-bond donors (Lipinski definition) is 1.